The number of guanidine groups is 2. The Hall–Kier alpha value is -1.56. The summed E-state index contributed by atoms with van der Waals surface area (Å²) >= 11 is 1.77. The zero-order valence-electron chi connectivity index (χ0n) is 9.50. The Labute approximate surface area is 99.3 Å². The van der Waals surface area contributed by atoms with Gasteiger partial charge in [0.2, 0.25) is 0 Å². The first-order chi connectivity index (χ1) is 7.49. The van der Waals surface area contributed by atoms with E-state index in [0.717, 1.165) is 13.0 Å². The van der Waals surface area contributed by atoms with Crippen LogP contribution in [0.1, 0.15) is 9.75 Å². The fourth-order valence-corrected chi connectivity index (χ4v) is 2.11. The molecule has 0 radical (unpaired) electrons. The fourth-order valence-electron chi connectivity index (χ4n) is 1.23. The average molecular weight is 239 g/mol. The Morgan fingerprint density at radius 2 is 2.19 bits per heavy atom. The van der Waals surface area contributed by atoms with E-state index in [9.17, 15) is 0 Å². The van der Waals surface area contributed by atoms with Gasteiger partial charge in [0.15, 0.2) is 11.9 Å². The van der Waals surface area contributed by atoms with E-state index < -0.39 is 0 Å². The molecule has 0 atom stereocenters. The van der Waals surface area contributed by atoms with Gasteiger partial charge < -0.3 is 10.6 Å². The van der Waals surface area contributed by atoms with E-state index in [1.165, 1.54) is 9.75 Å². The topological polar surface area (TPSA) is 89.0 Å². The standard InChI is InChI=1S/C10H17N5S/c1-7-3-4-8(16-7)5-6-15(2)10(13)14-9(11)12/h3-4H,5-6H2,1-2H3,(H5,11,12,13,14). The Kier molecular flexibility index (Phi) is 4.30. The Balaban J connectivity index is 2.37. The highest BCUT2D eigenvalue weighted by molar-refractivity contribution is 7.11. The van der Waals surface area contributed by atoms with Crippen LogP contribution in [0.15, 0.2) is 12.1 Å². The molecule has 0 amide bonds. The van der Waals surface area contributed by atoms with Crippen LogP contribution in [-0.4, -0.2) is 30.4 Å². The summed E-state index contributed by atoms with van der Waals surface area (Å²) in [6.07, 6.45) is 0.900. The van der Waals surface area contributed by atoms with Gasteiger partial charge in [-0.25, -0.2) is 0 Å². The van der Waals surface area contributed by atoms with Gasteiger partial charge in [-0.3, -0.25) is 16.1 Å². The maximum absolute atomic E-state index is 7.59. The molecule has 1 heterocycles. The van der Waals surface area contributed by atoms with Gasteiger partial charge in [-0.15, -0.1) is 11.3 Å². The van der Waals surface area contributed by atoms with Gasteiger partial charge in [-0.05, 0) is 25.5 Å². The molecule has 0 bridgehead atoms. The molecule has 88 valence electrons. The number of nitrogens with zero attached hydrogens (tertiary/aromatic N) is 1. The van der Waals surface area contributed by atoms with Crippen molar-refractivity contribution in [2.75, 3.05) is 13.6 Å². The highest BCUT2D eigenvalue weighted by Crippen LogP contribution is 2.15. The number of nitrogens with two attached hydrogens (primary N) is 1. The van der Waals surface area contributed by atoms with E-state index in [4.69, 9.17) is 16.6 Å². The van der Waals surface area contributed by atoms with E-state index in [1.807, 2.05) is 0 Å². The molecule has 0 aliphatic heterocycles. The SMILES string of the molecule is Cc1ccc(CCN(C)C(=N)NC(=N)N)s1. The van der Waals surface area contributed by atoms with Gasteiger partial charge in [0, 0.05) is 23.3 Å². The third-order valence-electron chi connectivity index (χ3n) is 2.12. The Morgan fingerprint density at radius 3 is 2.69 bits per heavy atom. The fraction of sp³-hybridized carbons (Fsp3) is 0.400. The lowest BCUT2D eigenvalue weighted by Crippen LogP contribution is -2.44. The van der Waals surface area contributed by atoms with Crippen molar-refractivity contribution in [3.8, 4) is 0 Å². The summed E-state index contributed by atoms with van der Waals surface area (Å²) in [7, 11) is 1.80. The van der Waals surface area contributed by atoms with Crippen molar-refractivity contribution in [2.24, 2.45) is 5.73 Å². The van der Waals surface area contributed by atoms with Crippen molar-refractivity contribution in [3.05, 3.63) is 21.9 Å². The van der Waals surface area contributed by atoms with Crippen LogP contribution in [0.25, 0.3) is 0 Å². The minimum Gasteiger partial charge on any atom is -0.370 e. The molecular weight excluding hydrogens is 222 g/mol. The molecule has 16 heavy (non-hydrogen) atoms. The number of hydrogen-bond acceptors (Lipinski definition) is 3. The molecule has 0 fully saturated rings. The van der Waals surface area contributed by atoms with Crippen molar-refractivity contribution < 1.29 is 0 Å². The van der Waals surface area contributed by atoms with Crippen LogP contribution in [0.2, 0.25) is 0 Å². The number of nitrogens with one attached hydrogen (secondary N) is 3. The summed E-state index contributed by atoms with van der Waals surface area (Å²) < 4.78 is 0. The number of hydrogen-bond donors (Lipinski definition) is 4. The maximum Gasteiger partial charge on any atom is 0.197 e. The molecule has 1 rings (SSSR count). The molecule has 0 aromatic carbocycles. The molecule has 0 spiro atoms. The predicted molar refractivity (Wildman–Crippen MR) is 68.2 cm³/mol. The molecule has 0 aliphatic rings. The normalized spacial score (nSPS) is 9.88. The summed E-state index contributed by atoms with van der Waals surface area (Å²) in [6, 6.07) is 4.20. The first kappa shape index (κ1) is 12.5. The number of likely N-dealkylation sites (N-methyl/N-ethyl adjacent to an activating group) is 1. The van der Waals surface area contributed by atoms with Crippen molar-refractivity contribution in [2.45, 2.75) is 13.3 Å². The van der Waals surface area contributed by atoms with Gasteiger partial charge in [-0.1, -0.05) is 0 Å². The van der Waals surface area contributed by atoms with Gasteiger partial charge >= 0.3 is 0 Å². The lowest BCUT2D eigenvalue weighted by Gasteiger charge is -2.19. The second kappa shape index (κ2) is 5.50. The summed E-state index contributed by atoms with van der Waals surface area (Å²) in [4.78, 5) is 4.34. The van der Waals surface area contributed by atoms with Crippen molar-refractivity contribution in [3.63, 3.8) is 0 Å². The molecule has 0 unspecified atom stereocenters. The van der Waals surface area contributed by atoms with E-state index in [0.29, 0.717) is 0 Å². The molecule has 1 aromatic rings. The highest BCUT2D eigenvalue weighted by atomic mass is 32.1. The lowest BCUT2D eigenvalue weighted by atomic mass is 10.3. The molecule has 5 nitrogen and oxygen atoms in total. The quantitative estimate of drug-likeness (QED) is 0.467. The minimum absolute atomic E-state index is 0.153. The number of rotatable bonds is 3. The van der Waals surface area contributed by atoms with Gasteiger partial charge in [0.25, 0.3) is 0 Å². The molecule has 1 aromatic heterocycles. The van der Waals surface area contributed by atoms with E-state index in [2.05, 4.69) is 24.4 Å². The third-order valence-corrected chi connectivity index (χ3v) is 3.18. The van der Waals surface area contributed by atoms with Crippen LogP contribution in [0, 0.1) is 17.7 Å². The van der Waals surface area contributed by atoms with Crippen LogP contribution >= 0.6 is 11.3 Å². The van der Waals surface area contributed by atoms with Crippen LogP contribution in [0.5, 0.6) is 0 Å². The molecule has 5 N–H and O–H groups in total. The molecular formula is C10H17N5S. The van der Waals surface area contributed by atoms with Crippen molar-refractivity contribution >= 4 is 23.3 Å². The van der Waals surface area contributed by atoms with E-state index in [-0.39, 0.29) is 11.9 Å². The van der Waals surface area contributed by atoms with Crippen molar-refractivity contribution in [1.82, 2.24) is 10.2 Å². The zero-order valence-corrected chi connectivity index (χ0v) is 10.3. The first-order valence-electron chi connectivity index (χ1n) is 4.95. The average Bonchev–Trinajstić information content (AvgIpc) is 2.59. The van der Waals surface area contributed by atoms with Crippen LogP contribution in [-0.2, 0) is 6.42 Å². The van der Waals surface area contributed by atoms with Gasteiger partial charge in [0.1, 0.15) is 0 Å². The summed E-state index contributed by atoms with van der Waals surface area (Å²) in [6.45, 7) is 2.82. The lowest BCUT2D eigenvalue weighted by molar-refractivity contribution is 0.494. The van der Waals surface area contributed by atoms with E-state index in [1.54, 1.807) is 23.3 Å². The van der Waals surface area contributed by atoms with Crippen LogP contribution in [0.4, 0.5) is 0 Å². The predicted octanol–water partition coefficient (Wildman–Crippen LogP) is 0.949. The molecule has 6 heteroatoms. The van der Waals surface area contributed by atoms with E-state index >= 15 is 0 Å². The monoisotopic (exact) mass is 239 g/mol. The highest BCUT2D eigenvalue weighted by Gasteiger charge is 2.05. The summed E-state index contributed by atoms with van der Waals surface area (Å²) in [5.41, 5.74) is 5.15. The molecule has 0 aliphatic carbocycles. The zero-order chi connectivity index (χ0) is 12.1. The number of thiophene rings is 1. The van der Waals surface area contributed by atoms with Crippen molar-refractivity contribution in [1.29, 1.82) is 10.8 Å². The summed E-state index contributed by atoms with van der Waals surface area (Å²) in [5.74, 6) is -0.0513. The largest absolute Gasteiger partial charge is 0.370 e. The van der Waals surface area contributed by atoms with Gasteiger partial charge in [0.05, 0.1) is 0 Å². The number of aryl methyl sites for hydroxylation is 1. The smallest absolute Gasteiger partial charge is 0.197 e. The second-order valence-corrected chi connectivity index (χ2v) is 4.94. The Bertz CT molecular complexity index is 384. The van der Waals surface area contributed by atoms with Gasteiger partial charge in [-0.2, -0.15) is 0 Å². The van der Waals surface area contributed by atoms with Crippen LogP contribution in [0.3, 0.4) is 0 Å². The molecule has 0 saturated heterocycles. The molecule has 0 saturated carbocycles. The second-order valence-electron chi connectivity index (χ2n) is 3.57. The summed E-state index contributed by atoms with van der Waals surface area (Å²) in [5, 5.41) is 17.1. The Morgan fingerprint density at radius 1 is 1.50 bits per heavy atom. The first-order valence-corrected chi connectivity index (χ1v) is 5.76. The third kappa shape index (κ3) is 3.90. The maximum atomic E-state index is 7.59. The minimum atomic E-state index is -0.205. The van der Waals surface area contributed by atoms with Crippen LogP contribution < -0.4 is 11.1 Å².